The predicted octanol–water partition coefficient (Wildman–Crippen LogP) is 4.58. The Bertz CT molecular complexity index is 575. The summed E-state index contributed by atoms with van der Waals surface area (Å²) in [5.41, 5.74) is 0.923. The second-order valence-electron chi connectivity index (χ2n) is 7.12. The Kier molecular flexibility index (Phi) is 7.83. The third kappa shape index (κ3) is 6.81. The molecule has 1 aliphatic carbocycles. The molecule has 1 aliphatic rings. The highest BCUT2D eigenvalue weighted by Crippen LogP contribution is 2.29. The summed E-state index contributed by atoms with van der Waals surface area (Å²) in [6, 6.07) is 6.07. The third-order valence-corrected chi connectivity index (χ3v) is 4.52. The van der Waals surface area contributed by atoms with Crippen molar-refractivity contribution in [1.29, 1.82) is 0 Å². The summed E-state index contributed by atoms with van der Waals surface area (Å²) >= 11 is 0. The van der Waals surface area contributed by atoms with Gasteiger partial charge in [-0.05, 0) is 49.0 Å². The Balaban J connectivity index is 1.91. The van der Waals surface area contributed by atoms with Crippen LogP contribution in [0.4, 0.5) is 0 Å². The molecule has 1 aromatic carbocycles. The summed E-state index contributed by atoms with van der Waals surface area (Å²) in [6.45, 7) is 5.02. The maximum atomic E-state index is 12.1. The fourth-order valence-electron chi connectivity index (χ4n) is 2.98. The standard InChI is InChI=1S/C21H31NO3/c1-16(2)13-14-25-19-11-9-17(15-20(19)24-3)10-12-21(23)22-18-7-5-4-6-8-18/h9-12,15-16,18H,4-8,13-14H2,1-3H3,(H,22,23)/b12-10+. The number of carbonyl (C=O) groups excluding carboxylic acids is 1. The molecular weight excluding hydrogens is 314 g/mol. The van der Waals surface area contributed by atoms with E-state index in [0.29, 0.717) is 24.3 Å². The van der Waals surface area contributed by atoms with Gasteiger partial charge in [-0.1, -0.05) is 39.2 Å². The normalized spacial score (nSPS) is 15.5. The van der Waals surface area contributed by atoms with Crippen LogP contribution in [0.15, 0.2) is 24.3 Å². The molecule has 0 unspecified atom stereocenters. The highest BCUT2D eigenvalue weighted by molar-refractivity contribution is 5.92. The summed E-state index contributed by atoms with van der Waals surface area (Å²) in [5.74, 6) is 2.02. The van der Waals surface area contributed by atoms with Gasteiger partial charge in [0.25, 0.3) is 0 Å². The van der Waals surface area contributed by atoms with Gasteiger partial charge in [0.1, 0.15) is 0 Å². The Morgan fingerprint density at radius 2 is 2.00 bits per heavy atom. The van der Waals surface area contributed by atoms with Crippen LogP contribution >= 0.6 is 0 Å². The highest BCUT2D eigenvalue weighted by Gasteiger charge is 2.14. The van der Waals surface area contributed by atoms with Crippen molar-refractivity contribution in [2.75, 3.05) is 13.7 Å². The van der Waals surface area contributed by atoms with Gasteiger partial charge in [-0.2, -0.15) is 0 Å². The maximum Gasteiger partial charge on any atom is 0.244 e. The number of nitrogens with one attached hydrogen (secondary N) is 1. The lowest BCUT2D eigenvalue weighted by molar-refractivity contribution is -0.117. The molecule has 0 saturated heterocycles. The van der Waals surface area contributed by atoms with Crippen molar-refractivity contribution >= 4 is 12.0 Å². The molecule has 1 aromatic rings. The lowest BCUT2D eigenvalue weighted by atomic mass is 9.95. The third-order valence-electron chi connectivity index (χ3n) is 4.52. The lowest BCUT2D eigenvalue weighted by Crippen LogP contribution is -2.34. The van der Waals surface area contributed by atoms with Crippen molar-refractivity contribution in [3.8, 4) is 11.5 Å². The molecule has 0 atom stereocenters. The lowest BCUT2D eigenvalue weighted by Gasteiger charge is -2.21. The van der Waals surface area contributed by atoms with Crippen LogP contribution in [0.5, 0.6) is 11.5 Å². The molecule has 4 heteroatoms. The van der Waals surface area contributed by atoms with Gasteiger partial charge in [0, 0.05) is 12.1 Å². The number of carbonyl (C=O) groups is 1. The SMILES string of the molecule is COc1cc(/C=C/C(=O)NC2CCCCC2)ccc1OCCC(C)C. The highest BCUT2D eigenvalue weighted by atomic mass is 16.5. The number of hydrogen-bond acceptors (Lipinski definition) is 3. The first-order valence-corrected chi connectivity index (χ1v) is 9.38. The molecule has 0 radical (unpaired) electrons. The van der Waals surface area contributed by atoms with Gasteiger partial charge in [0.2, 0.25) is 5.91 Å². The van der Waals surface area contributed by atoms with E-state index in [0.717, 1.165) is 30.6 Å². The Hall–Kier alpha value is -1.97. The zero-order valence-corrected chi connectivity index (χ0v) is 15.7. The van der Waals surface area contributed by atoms with Crippen molar-refractivity contribution in [3.63, 3.8) is 0 Å². The molecule has 2 rings (SSSR count). The Morgan fingerprint density at radius 3 is 2.68 bits per heavy atom. The van der Waals surface area contributed by atoms with E-state index in [9.17, 15) is 4.79 Å². The van der Waals surface area contributed by atoms with E-state index in [4.69, 9.17) is 9.47 Å². The first-order valence-electron chi connectivity index (χ1n) is 9.38. The van der Waals surface area contributed by atoms with E-state index >= 15 is 0 Å². The van der Waals surface area contributed by atoms with Crippen LogP contribution < -0.4 is 14.8 Å². The molecule has 1 N–H and O–H groups in total. The molecule has 138 valence electrons. The molecular formula is C21H31NO3. The number of benzene rings is 1. The number of hydrogen-bond donors (Lipinski definition) is 1. The molecule has 25 heavy (non-hydrogen) atoms. The van der Waals surface area contributed by atoms with Crippen LogP contribution in [0.25, 0.3) is 6.08 Å². The monoisotopic (exact) mass is 345 g/mol. The first kappa shape index (κ1) is 19.4. The molecule has 1 fully saturated rings. The largest absolute Gasteiger partial charge is 0.493 e. The van der Waals surface area contributed by atoms with Crippen LogP contribution in [0, 0.1) is 5.92 Å². The van der Waals surface area contributed by atoms with Crippen LogP contribution in [0.1, 0.15) is 57.9 Å². The number of ether oxygens (including phenoxy) is 2. The average Bonchev–Trinajstić information content (AvgIpc) is 2.61. The molecule has 0 bridgehead atoms. The fraction of sp³-hybridized carbons (Fsp3) is 0.571. The molecule has 0 heterocycles. The predicted molar refractivity (Wildman–Crippen MR) is 102 cm³/mol. The van der Waals surface area contributed by atoms with Gasteiger partial charge in [-0.3, -0.25) is 4.79 Å². The average molecular weight is 345 g/mol. The van der Waals surface area contributed by atoms with Crippen molar-refractivity contribution in [2.24, 2.45) is 5.92 Å². The molecule has 4 nitrogen and oxygen atoms in total. The molecule has 0 aromatic heterocycles. The minimum Gasteiger partial charge on any atom is -0.493 e. The van der Waals surface area contributed by atoms with E-state index in [1.54, 1.807) is 13.2 Å². The van der Waals surface area contributed by atoms with Crippen molar-refractivity contribution in [3.05, 3.63) is 29.8 Å². The van der Waals surface area contributed by atoms with Gasteiger partial charge >= 0.3 is 0 Å². The summed E-state index contributed by atoms with van der Waals surface area (Å²) in [4.78, 5) is 12.1. The number of rotatable bonds is 8. The zero-order valence-electron chi connectivity index (χ0n) is 15.7. The fourth-order valence-corrected chi connectivity index (χ4v) is 2.98. The van der Waals surface area contributed by atoms with Crippen LogP contribution in [0.2, 0.25) is 0 Å². The van der Waals surface area contributed by atoms with Gasteiger partial charge in [-0.15, -0.1) is 0 Å². The first-order chi connectivity index (χ1) is 12.1. The summed E-state index contributed by atoms with van der Waals surface area (Å²) in [6.07, 6.45) is 10.3. The van der Waals surface area contributed by atoms with Gasteiger partial charge < -0.3 is 14.8 Å². The van der Waals surface area contributed by atoms with Crippen molar-refractivity contribution < 1.29 is 14.3 Å². The van der Waals surface area contributed by atoms with E-state index in [1.807, 2.05) is 24.3 Å². The summed E-state index contributed by atoms with van der Waals surface area (Å²) < 4.78 is 11.2. The number of methoxy groups -OCH3 is 1. The smallest absolute Gasteiger partial charge is 0.244 e. The molecule has 0 spiro atoms. The topological polar surface area (TPSA) is 47.6 Å². The van der Waals surface area contributed by atoms with E-state index in [2.05, 4.69) is 19.2 Å². The van der Waals surface area contributed by atoms with E-state index in [1.165, 1.54) is 19.3 Å². The maximum absolute atomic E-state index is 12.1. The molecule has 1 saturated carbocycles. The van der Waals surface area contributed by atoms with Gasteiger partial charge in [-0.25, -0.2) is 0 Å². The van der Waals surface area contributed by atoms with Gasteiger partial charge in [0.15, 0.2) is 11.5 Å². The zero-order chi connectivity index (χ0) is 18.1. The molecule has 1 amide bonds. The van der Waals surface area contributed by atoms with Crippen molar-refractivity contribution in [2.45, 2.75) is 58.4 Å². The summed E-state index contributed by atoms with van der Waals surface area (Å²) in [5, 5.41) is 3.09. The van der Waals surface area contributed by atoms with Crippen molar-refractivity contribution in [1.82, 2.24) is 5.32 Å². The van der Waals surface area contributed by atoms with Crippen LogP contribution in [-0.2, 0) is 4.79 Å². The second kappa shape index (κ2) is 10.1. The van der Waals surface area contributed by atoms with Gasteiger partial charge in [0.05, 0.1) is 13.7 Å². The summed E-state index contributed by atoms with van der Waals surface area (Å²) in [7, 11) is 1.63. The minimum absolute atomic E-state index is 0.0249. The Labute approximate surface area is 151 Å². The van der Waals surface area contributed by atoms with E-state index < -0.39 is 0 Å². The second-order valence-corrected chi connectivity index (χ2v) is 7.12. The quantitative estimate of drug-likeness (QED) is 0.701. The number of amides is 1. The van der Waals surface area contributed by atoms with Crippen LogP contribution in [0.3, 0.4) is 0 Å². The molecule has 0 aliphatic heterocycles. The Morgan fingerprint density at radius 1 is 1.24 bits per heavy atom. The van der Waals surface area contributed by atoms with E-state index in [-0.39, 0.29) is 5.91 Å². The minimum atomic E-state index is -0.0249. The van der Waals surface area contributed by atoms with Crippen LogP contribution in [-0.4, -0.2) is 25.7 Å².